The third-order valence-corrected chi connectivity index (χ3v) is 4.96. The van der Waals surface area contributed by atoms with Crippen molar-refractivity contribution < 1.29 is 26.8 Å². The number of nitrogens with one attached hydrogen (secondary N) is 2. The molecule has 2 aromatic carbocycles. The molecule has 0 radical (unpaired) electrons. The van der Waals surface area contributed by atoms with Gasteiger partial charge in [-0.3, -0.25) is 10.1 Å². The maximum absolute atomic E-state index is 13.0. The normalized spacial score (nSPS) is 11.0. The summed E-state index contributed by atoms with van der Waals surface area (Å²) in [5.74, 6) is 0.292. The molecule has 9 nitrogen and oxygen atoms in total. The number of rotatable bonds is 8. The van der Waals surface area contributed by atoms with Gasteiger partial charge in [-0.05, 0) is 43.2 Å². The fraction of sp³-hybridized carbons (Fsp3) is 0.235. The Hall–Kier alpha value is -2.92. The van der Waals surface area contributed by atoms with Crippen LogP contribution in [0.15, 0.2) is 41.3 Å². The summed E-state index contributed by atoms with van der Waals surface area (Å²) >= 11 is 5.91. The first-order valence-electron chi connectivity index (χ1n) is 8.25. The first-order valence-corrected chi connectivity index (χ1v) is 10.0. The smallest absolute Gasteiger partial charge is 0.332 e. The summed E-state index contributed by atoms with van der Waals surface area (Å²) in [5.41, 5.74) is 0.327. The second-order valence-electron chi connectivity index (χ2n) is 5.87. The van der Waals surface area contributed by atoms with Crippen molar-refractivity contribution in [2.75, 3.05) is 18.5 Å². The molecular weight excluding hydrogens is 429 g/mol. The summed E-state index contributed by atoms with van der Waals surface area (Å²) in [6.07, 6.45) is 0.429. The predicted octanol–water partition coefficient (Wildman–Crippen LogP) is 3.81. The molecule has 12 heteroatoms. The SMILES string of the molecule is Cc1cc(NC(=O)NCCCOc2ccc([N+](=O)[O-])cc2Cl)ccc1S(=O)(=O)F. The van der Waals surface area contributed by atoms with Crippen LogP contribution in [0.25, 0.3) is 0 Å². The molecule has 0 aromatic heterocycles. The number of nitro groups is 1. The number of hydrogen-bond acceptors (Lipinski definition) is 6. The van der Waals surface area contributed by atoms with Crippen molar-refractivity contribution in [1.29, 1.82) is 0 Å². The fourth-order valence-electron chi connectivity index (χ4n) is 2.35. The Labute approximate surface area is 171 Å². The molecule has 2 aromatic rings. The topological polar surface area (TPSA) is 128 Å². The van der Waals surface area contributed by atoms with E-state index >= 15 is 0 Å². The second kappa shape index (κ2) is 9.52. The van der Waals surface area contributed by atoms with Crippen molar-refractivity contribution in [1.82, 2.24) is 5.32 Å². The highest BCUT2D eigenvalue weighted by Gasteiger charge is 2.15. The zero-order valence-electron chi connectivity index (χ0n) is 15.1. The van der Waals surface area contributed by atoms with Gasteiger partial charge in [0.2, 0.25) is 0 Å². The van der Waals surface area contributed by atoms with Crippen molar-refractivity contribution in [2.24, 2.45) is 0 Å². The van der Waals surface area contributed by atoms with E-state index in [0.29, 0.717) is 17.9 Å². The number of carbonyl (C=O) groups excluding carboxylic acids is 1. The minimum atomic E-state index is -4.82. The number of hydrogen-bond donors (Lipinski definition) is 2. The lowest BCUT2D eigenvalue weighted by atomic mass is 10.2. The Balaban J connectivity index is 1.76. The highest BCUT2D eigenvalue weighted by molar-refractivity contribution is 7.86. The largest absolute Gasteiger partial charge is 0.492 e. The average molecular weight is 446 g/mol. The van der Waals surface area contributed by atoms with Crippen molar-refractivity contribution >= 4 is 39.2 Å². The molecule has 2 rings (SSSR count). The summed E-state index contributed by atoms with van der Waals surface area (Å²) in [4.78, 5) is 21.5. The number of carbonyl (C=O) groups is 1. The van der Waals surface area contributed by atoms with Crippen molar-refractivity contribution in [3.8, 4) is 5.75 Å². The predicted molar refractivity (Wildman–Crippen MR) is 105 cm³/mol. The number of nitrogens with zero attached hydrogens (tertiary/aromatic N) is 1. The zero-order valence-corrected chi connectivity index (χ0v) is 16.7. The molecule has 0 aliphatic heterocycles. The number of benzene rings is 2. The first-order chi connectivity index (χ1) is 13.6. The minimum absolute atomic E-state index is 0.110. The molecule has 0 heterocycles. The fourth-order valence-corrected chi connectivity index (χ4v) is 3.26. The molecule has 2 amide bonds. The van der Waals surface area contributed by atoms with Gasteiger partial charge in [-0.1, -0.05) is 11.6 Å². The van der Waals surface area contributed by atoms with Crippen LogP contribution in [0, 0.1) is 17.0 Å². The molecular formula is C17H17ClFN3O6S. The number of aryl methyl sites for hydroxylation is 1. The van der Waals surface area contributed by atoms with Gasteiger partial charge in [0.15, 0.2) is 0 Å². The lowest BCUT2D eigenvalue weighted by molar-refractivity contribution is -0.384. The van der Waals surface area contributed by atoms with Crippen LogP contribution >= 0.6 is 11.6 Å². The lowest BCUT2D eigenvalue weighted by Gasteiger charge is -2.10. The second-order valence-corrected chi connectivity index (χ2v) is 7.60. The Bertz CT molecular complexity index is 1030. The standard InChI is InChI=1S/C17H17ClFN3O6S/c1-11-9-12(3-6-16(11)29(19,26)27)21-17(23)20-7-2-8-28-15-5-4-13(22(24)25)10-14(15)18/h3-6,9-10H,2,7-8H2,1H3,(H2,20,21,23). The van der Waals surface area contributed by atoms with Crippen LogP contribution in [0.1, 0.15) is 12.0 Å². The number of non-ortho nitro benzene ring substituents is 1. The van der Waals surface area contributed by atoms with E-state index < -0.39 is 26.1 Å². The molecule has 0 saturated heterocycles. The maximum atomic E-state index is 13.0. The molecule has 0 bridgehead atoms. The number of ether oxygens (including phenoxy) is 1. The quantitative estimate of drug-likeness (QED) is 0.275. The van der Waals surface area contributed by atoms with Crippen molar-refractivity contribution in [2.45, 2.75) is 18.2 Å². The number of nitro benzene ring substituents is 1. The Morgan fingerprint density at radius 3 is 2.59 bits per heavy atom. The molecule has 29 heavy (non-hydrogen) atoms. The molecule has 0 spiro atoms. The highest BCUT2D eigenvalue weighted by Crippen LogP contribution is 2.28. The first kappa shape index (κ1) is 22.4. The van der Waals surface area contributed by atoms with E-state index in [9.17, 15) is 27.2 Å². The van der Waals surface area contributed by atoms with E-state index in [2.05, 4.69) is 10.6 Å². The monoisotopic (exact) mass is 445 g/mol. The molecule has 0 unspecified atom stereocenters. The van der Waals surface area contributed by atoms with Gasteiger partial charge in [-0.2, -0.15) is 8.42 Å². The maximum Gasteiger partial charge on any atom is 0.332 e. The molecule has 2 N–H and O–H groups in total. The van der Waals surface area contributed by atoms with E-state index in [0.717, 1.165) is 6.07 Å². The van der Waals surface area contributed by atoms with E-state index in [-0.39, 0.29) is 29.4 Å². The third kappa shape index (κ3) is 6.57. The van der Waals surface area contributed by atoms with Crippen LogP contribution in [0.3, 0.4) is 0 Å². The van der Waals surface area contributed by atoms with E-state index in [1.54, 1.807) is 0 Å². The zero-order chi connectivity index (χ0) is 21.6. The number of amides is 2. The van der Waals surface area contributed by atoms with Crippen LogP contribution in [-0.2, 0) is 10.2 Å². The van der Waals surface area contributed by atoms with Gasteiger partial charge in [0.25, 0.3) is 5.69 Å². The van der Waals surface area contributed by atoms with Gasteiger partial charge in [-0.25, -0.2) is 4.79 Å². The molecule has 156 valence electrons. The Kier molecular flexibility index (Phi) is 7.35. The van der Waals surface area contributed by atoms with Gasteiger partial charge >= 0.3 is 16.3 Å². The Morgan fingerprint density at radius 2 is 2.00 bits per heavy atom. The Morgan fingerprint density at radius 1 is 1.28 bits per heavy atom. The van der Waals surface area contributed by atoms with Gasteiger partial charge in [0, 0.05) is 24.4 Å². The van der Waals surface area contributed by atoms with E-state index in [1.807, 2.05) is 0 Å². The molecule has 0 aliphatic rings. The van der Waals surface area contributed by atoms with Crippen LogP contribution in [-0.4, -0.2) is 32.5 Å². The van der Waals surface area contributed by atoms with Crippen LogP contribution in [0.4, 0.5) is 20.1 Å². The van der Waals surface area contributed by atoms with Crippen LogP contribution in [0.5, 0.6) is 5.75 Å². The molecule has 0 saturated carbocycles. The summed E-state index contributed by atoms with van der Waals surface area (Å²) in [5, 5.41) is 15.8. The summed E-state index contributed by atoms with van der Waals surface area (Å²) < 4.78 is 40.3. The number of anilines is 1. The molecule has 0 aliphatic carbocycles. The average Bonchev–Trinajstić information content (AvgIpc) is 2.61. The number of urea groups is 1. The third-order valence-electron chi connectivity index (χ3n) is 3.69. The van der Waals surface area contributed by atoms with Crippen LogP contribution in [0.2, 0.25) is 5.02 Å². The summed E-state index contributed by atoms with van der Waals surface area (Å²) in [7, 11) is -4.82. The van der Waals surface area contributed by atoms with Gasteiger partial charge in [-0.15, -0.1) is 3.89 Å². The number of halogens is 2. The lowest BCUT2D eigenvalue weighted by Crippen LogP contribution is -2.30. The van der Waals surface area contributed by atoms with Crippen molar-refractivity contribution in [3.63, 3.8) is 0 Å². The summed E-state index contributed by atoms with van der Waals surface area (Å²) in [6, 6.07) is 7.00. The van der Waals surface area contributed by atoms with E-state index in [1.165, 1.54) is 37.3 Å². The molecule has 0 fully saturated rings. The van der Waals surface area contributed by atoms with E-state index in [4.69, 9.17) is 16.3 Å². The highest BCUT2D eigenvalue weighted by atomic mass is 35.5. The minimum Gasteiger partial charge on any atom is -0.492 e. The molecule has 0 atom stereocenters. The van der Waals surface area contributed by atoms with Gasteiger partial charge < -0.3 is 15.4 Å². The van der Waals surface area contributed by atoms with Gasteiger partial charge in [0.1, 0.15) is 10.6 Å². The van der Waals surface area contributed by atoms with Crippen molar-refractivity contribution in [3.05, 3.63) is 57.1 Å². The van der Waals surface area contributed by atoms with Gasteiger partial charge in [0.05, 0.1) is 16.6 Å². The van der Waals surface area contributed by atoms with Crippen LogP contribution < -0.4 is 15.4 Å². The summed E-state index contributed by atoms with van der Waals surface area (Å²) in [6.45, 7) is 1.88.